The van der Waals surface area contributed by atoms with Crippen LogP contribution in [0.3, 0.4) is 0 Å². The van der Waals surface area contributed by atoms with Crippen LogP contribution in [0.15, 0.2) is 48.5 Å². The molecule has 172 valence electrons. The van der Waals surface area contributed by atoms with E-state index in [1.807, 2.05) is 0 Å². The van der Waals surface area contributed by atoms with E-state index in [0.29, 0.717) is 28.5 Å². The molecule has 0 atom stereocenters. The first-order valence-corrected chi connectivity index (χ1v) is 11.0. The molecule has 32 heavy (non-hydrogen) atoms. The van der Waals surface area contributed by atoms with Gasteiger partial charge in [0.15, 0.2) is 0 Å². The number of hydrogen-bond donors (Lipinski definition) is 1. The third-order valence-corrected chi connectivity index (χ3v) is 6.15. The van der Waals surface area contributed by atoms with Crippen molar-refractivity contribution in [3.63, 3.8) is 0 Å². The van der Waals surface area contributed by atoms with E-state index in [2.05, 4.69) is 0 Å². The first-order chi connectivity index (χ1) is 15.0. The lowest BCUT2D eigenvalue weighted by atomic mass is 9.73. The van der Waals surface area contributed by atoms with E-state index in [4.69, 9.17) is 32.7 Å². The Bertz CT molecular complexity index is 870. The zero-order valence-corrected chi connectivity index (χ0v) is 19.3. The van der Waals surface area contributed by atoms with E-state index < -0.39 is 11.3 Å². The van der Waals surface area contributed by atoms with Crippen molar-refractivity contribution in [2.45, 2.75) is 63.0 Å². The van der Waals surface area contributed by atoms with Crippen LogP contribution in [0.4, 0.5) is 4.39 Å². The van der Waals surface area contributed by atoms with Crippen LogP contribution in [0.1, 0.15) is 50.7 Å². The third kappa shape index (κ3) is 6.00. The van der Waals surface area contributed by atoms with Gasteiger partial charge < -0.3 is 14.6 Å². The second-order valence-corrected chi connectivity index (χ2v) is 9.16. The first kappa shape index (κ1) is 24.5. The summed E-state index contributed by atoms with van der Waals surface area (Å²) >= 11 is 11.5. The lowest BCUT2D eigenvalue weighted by Gasteiger charge is -2.43. The average molecular weight is 483 g/mol. The predicted molar refractivity (Wildman–Crippen MR) is 119 cm³/mol. The molecule has 2 aromatic carbocycles. The van der Waals surface area contributed by atoms with E-state index in [1.54, 1.807) is 48.5 Å². The molecule has 0 bridgehead atoms. The van der Waals surface area contributed by atoms with Crippen molar-refractivity contribution < 1.29 is 28.6 Å². The molecule has 2 aliphatic carbocycles. The van der Waals surface area contributed by atoms with Crippen LogP contribution in [0.2, 0.25) is 10.0 Å². The van der Waals surface area contributed by atoms with Crippen LogP contribution in [-0.2, 0) is 30.3 Å². The fourth-order valence-electron chi connectivity index (χ4n) is 3.97. The molecule has 0 amide bonds. The van der Waals surface area contributed by atoms with Crippen molar-refractivity contribution in [1.82, 2.24) is 0 Å². The molecule has 0 saturated heterocycles. The Balaban J connectivity index is 0.000000181. The van der Waals surface area contributed by atoms with Gasteiger partial charge >= 0.3 is 11.9 Å². The zero-order valence-electron chi connectivity index (χ0n) is 17.8. The summed E-state index contributed by atoms with van der Waals surface area (Å²) in [5, 5.41) is 11.4. The van der Waals surface area contributed by atoms with E-state index in [0.717, 1.165) is 5.56 Å². The lowest BCUT2D eigenvalue weighted by molar-refractivity contribution is -0.172. The van der Waals surface area contributed by atoms with Gasteiger partial charge in [-0.15, -0.1) is 0 Å². The van der Waals surface area contributed by atoms with Gasteiger partial charge in [0.2, 0.25) is 0 Å². The van der Waals surface area contributed by atoms with Crippen molar-refractivity contribution in [1.29, 1.82) is 0 Å². The number of ether oxygens (including phenoxy) is 2. The van der Waals surface area contributed by atoms with Gasteiger partial charge in [0.1, 0.15) is 17.9 Å². The summed E-state index contributed by atoms with van der Waals surface area (Å²) in [6.07, 6.45) is 0.904. The molecule has 0 radical (unpaired) electrons. The number of benzene rings is 2. The van der Waals surface area contributed by atoms with Crippen molar-refractivity contribution in [3.05, 3.63) is 69.7 Å². The van der Waals surface area contributed by atoms with Crippen LogP contribution >= 0.6 is 23.2 Å². The van der Waals surface area contributed by atoms with Crippen LogP contribution in [0.5, 0.6) is 0 Å². The Morgan fingerprint density at radius 2 is 1.19 bits per heavy atom. The Morgan fingerprint density at radius 1 is 0.812 bits per heavy atom. The smallest absolute Gasteiger partial charge is 0.302 e. The fourth-order valence-corrected chi connectivity index (χ4v) is 4.22. The SMILES string of the molecule is CC(=O)OC1CC(F)(c2ccc(Cl)cc2)C1.CC(=O)OC1CC(O)(c2ccc(Cl)cc2)C1. The molecular formula is C24H25Cl2FO5. The number of halogens is 3. The molecule has 0 unspecified atom stereocenters. The van der Waals surface area contributed by atoms with Gasteiger partial charge in [-0.05, 0) is 35.4 Å². The molecule has 2 saturated carbocycles. The standard InChI is InChI=1S/C12H12ClFO2.C12H13ClO3/c1-8(15)16-11-6-12(14,7-11)9-2-4-10(13)5-3-9;1-8(14)16-11-6-12(15,7-11)9-2-4-10(13)5-3-9/h2-5,11H,6-7H2,1H3;2-5,11,15H,6-7H2,1H3. The average Bonchev–Trinajstić information content (AvgIpc) is 2.66. The maximum Gasteiger partial charge on any atom is 0.302 e. The molecule has 0 heterocycles. The van der Waals surface area contributed by atoms with Crippen molar-refractivity contribution in [2.24, 2.45) is 0 Å². The van der Waals surface area contributed by atoms with Crippen molar-refractivity contribution >= 4 is 35.1 Å². The van der Waals surface area contributed by atoms with Crippen molar-refractivity contribution in [2.75, 3.05) is 0 Å². The Kier molecular flexibility index (Phi) is 7.48. The maximum absolute atomic E-state index is 14.2. The minimum atomic E-state index is -1.37. The molecule has 2 aromatic rings. The van der Waals surface area contributed by atoms with Crippen LogP contribution < -0.4 is 0 Å². The lowest BCUT2D eigenvalue weighted by Crippen LogP contribution is -2.46. The molecular weight excluding hydrogens is 458 g/mol. The summed E-state index contributed by atoms with van der Waals surface area (Å²) in [5.41, 5.74) is -0.823. The first-order valence-electron chi connectivity index (χ1n) is 10.3. The summed E-state index contributed by atoms with van der Waals surface area (Å²) in [6, 6.07) is 13.8. The molecule has 0 spiro atoms. The second kappa shape index (κ2) is 9.77. The highest BCUT2D eigenvalue weighted by Crippen LogP contribution is 2.47. The van der Waals surface area contributed by atoms with E-state index in [1.165, 1.54) is 13.8 Å². The van der Waals surface area contributed by atoms with E-state index in [-0.39, 0.29) is 37.0 Å². The molecule has 2 aliphatic rings. The monoisotopic (exact) mass is 482 g/mol. The van der Waals surface area contributed by atoms with Gasteiger partial charge in [0.25, 0.3) is 0 Å². The molecule has 2 fully saturated rings. The van der Waals surface area contributed by atoms with Crippen LogP contribution in [0.25, 0.3) is 0 Å². The number of carbonyl (C=O) groups excluding carboxylic acids is 2. The minimum absolute atomic E-state index is 0.168. The number of esters is 2. The molecule has 0 aliphatic heterocycles. The number of alkyl halides is 1. The molecule has 5 nitrogen and oxygen atoms in total. The normalized spacial score (nSPS) is 28.3. The Hall–Kier alpha value is -2.15. The van der Waals surface area contributed by atoms with Gasteiger partial charge in [0.05, 0.1) is 5.60 Å². The number of aliphatic hydroxyl groups is 1. The van der Waals surface area contributed by atoms with Crippen LogP contribution in [-0.4, -0.2) is 29.3 Å². The van der Waals surface area contributed by atoms with E-state index in [9.17, 15) is 19.1 Å². The number of rotatable bonds is 4. The predicted octanol–water partition coefficient (Wildman–Crippen LogP) is 5.48. The highest BCUT2D eigenvalue weighted by Gasteiger charge is 2.48. The summed E-state index contributed by atoms with van der Waals surface area (Å²) in [6.45, 7) is 2.71. The summed E-state index contributed by atoms with van der Waals surface area (Å²) in [7, 11) is 0. The van der Waals surface area contributed by atoms with Gasteiger partial charge in [0, 0.05) is 49.6 Å². The quantitative estimate of drug-likeness (QED) is 0.583. The minimum Gasteiger partial charge on any atom is -0.462 e. The number of hydrogen-bond acceptors (Lipinski definition) is 5. The molecule has 4 rings (SSSR count). The highest BCUT2D eigenvalue weighted by molar-refractivity contribution is 6.30. The van der Waals surface area contributed by atoms with Gasteiger partial charge in [-0.3, -0.25) is 9.59 Å². The van der Waals surface area contributed by atoms with Gasteiger partial charge in [-0.2, -0.15) is 0 Å². The highest BCUT2D eigenvalue weighted by atomic mass is 35.5. The van der Waals surface area contributed by atoms with Gasteiger partial charge in [-0.1, -0.05) is 47.5 Å². The van der Waals surface area contributed by atoms with E-state index >= 15 is 0 Å². The Morgan fingerprint density at radius 3 is 1.59 bits per heavy atom. The topological polar surface area (TPSA) is 72.8 Å². The fraction of sp³-hybridized carbons (Fsp3) is 0.417. The number of carbonyl (C=O) groups is 2. The second-order valence-electron chi connectivity index (χ2n) is 8.29. The molecule has 8 heteroatoms. The largest absolute Gasteiger partial charge is 0.462 e. The zero-order chi connectivity index (χ0) is 23.5. The summed E-state index contributed by atoms with van der Waals surface area (Å²) in [5.74, 6) is -0.661. The third-order valence-electron chi connectivity index (χ3n) is 5.64. The van der Waals surface area contributed by atoms with Gasteiger partial charge in [-0.25, -0.2) is 4.39 Å². The maximum atomic E-state index is 14.2. The molecule has 1 N–H and O–H groups in total. The summed E-state index contributed by atoms with van der Waals surface area (Å²) in [4.78, 5) is 21.4. The van der Waals surface area contributed by atoms with Crippen molar-refractivity contribution in [3.8, 4) is 0 Å². The van der Waals surface area contributed by atoms with Crippen LogP contribution in [0, 0.1) is 0 Å². The summed E-state index contributed by atoms with van der Waals surface area (Å²) < 4.78 is 24.2. The Labute approximate surface area is 196 Å². The molecule has 0 aromatic heterocycles.